The number of imidazole rings is 1. The first-order valence-corrected chi connectivity index (χ1v) is 13.8. The Bertz CT molecular complexity index is 1310. The largest absolute Gasteiger partial charge is 0.327 e. The number of hydrogen-bond acceptors (Lipinski definition) is 4. The molecule has 1 saturated heterocycles. The molecule has 184 valence electrons. The molecule has 1 fully saturated rings. The van der Waals surface area contributed by atoms with Crippen molar-refractivity contribution in [3.63, 3.8) is 0 Å². The average molecular weight is 492 g/mol. The third-order valence-electron chi connectivity index (χ3n) is 6.85. The number of hydrogen-bond donors (Lipinski definition) is 1. The summed E-state index contributed by atoms with van der Waals surface area (Å²) in [6, 6.07) is 15.5. The Balaban J connectivity index is 1.36. The van der Waals surface area contributed by atoms with Crippen molar-refractivity contribution in [1.29, 1.82) is 0 Å². The summed E-state index contributed by atoms with van der Waals surface area (Å²) >= 11 is 0. The monoisotopic (exact) mass is 491 g/mol. The normalized spacial score (nSPS) is 16.1. The lowest BCUT2D eigenvalue weighted by Gasteiger charge is -2.39. The molecule has 4 rings (SSSR count). The maximum atomic E-state index is 11.6. The first-order chi connectivity index (χ1) is 16.6. The van der Waals surface area contributed by atoms with Gasteiger partial charge in [0.25, 0.3) is 0 Å². The second kappa shape index (κ2) is 10.2. The Morgan fingerprint density at radius 3 is 2.46 bits per heavy atom. The van der Waals surface area contributed by atoms with Crippen molar-refractivity contribution >= 4 is 21.4 Å². The van der Waals surface area contributed by atoms with E-state index in [4.69, 9.17) is 6.57 Å². The lowest BCUT2D eigenvalue weighted by atomic mass is 9.75. The summed E-state index contributed by atoms with van der Waals surface area (Å²) in [7, 11) is -3.28. The molecule has 0 amide bonds. The molecule has 1 aliphatic heterocycles. The Morgan fingerprint density at radius 2 is 1.80 bits per heavy atom. The van der Waals surface area contributed by atoms with Crippen LogP contribution in [0.5, 0.6) is 0 Å². The zero-order valence-corrected chi connectivity index (χ0v) is 21.5. The predicted molar refractivity (Wildman–Crippen MR) is 140 cm³/mol. The molecule has 2 aromatic carbocycles. The van der Waals surface area contributed by atoms with Crippen molar-refractivity contribution in [1.82, 2.24) is 14.5 Å². The molecule has 2 heterocycles. The third kappa shape index (κ3) is 6.71. The van der Waals surface area contributed by atoms with E-state index < -0.39 is 10.0 Å². The SMILES string of the molecule is [C-]#[N+]c1ccc(Cn2c(CN3CCC(C)(Cc4cccc(NS(C)(=O)=O)c4)CC3)cnc2C)cc1. The standard InChI is InChI=1S/C27H33N5O2S/c1-21-29-18-26(32(21)19-22-8-10-24(28-3)11-9-22)20-31-14-12-27(2,13-15-31)17-23-6-5-7-25(16-23)30-35(4,33)34/h5-11,16,18,30H,12-15,17,19-20H2,1-2,4H3. The van der Waals surface area contributed by atoms with Crippen LogP contribution in [0.1, 0.15) is 42.4 Å². The van der Waals surface area contributed by atoms with Gasteiger partial charge in [-0.05, 0) is 68.0 Å². The number of aryl methyl sites for hydroxylation is 1. The topological polar surface area (TPSA) is 71.6 Å². The van der Waals surface area contributed by atoms with Crippen LogP contribution in [-0.4, -0.2) is 42.2 Å². The minimum absolute atomic E-state index is 0.182. The zero-order valence-electron chi connectivity index (χ0n) is 20.7. The van der Waals surface area contributed by atoms with Gasteiger partial charge in [0.1, 0.15) is 5.82 Å². The third-order valence-corrected chi connectivity index (χ3v) is 7.46. The van der Waals surface area contributed by atoms with E-state index in [1.54, 1.807) is 6.07 Å². The highest BCUT2D eigenvalue weighted by atomic mass is 32.2. The molecule has 0 saturated carbocycles. The minimum Gasteiger partial charge on any atom is -0.327 e. The highest BCUT2D eigenvalue weighted by molar-refractivity contribution is 7.92. The number of anilines is 1. The first kappa shape index (κ1) is 25.0. The van der Waals surface area contributed by atoms with Crippen LogP contribution in [0.4, 0.5) is 11.4 Å². The summed E-state index contributed by atoms with van der Waals surface area (Å²) in [5, 5.41) is 0. The summed E-state index contributed by atoms with van der Waals surface area (Å²) < 4.78 is 28.0. The zero-order chi connectivity index (χ0) is 25.1. The number of rotatable bonds is 8. The van der Waals surface area contributed by atoms with Crippen molar-refractivity contribution < 1.29 is 8.42 Å². The second-order valence-electron chi connectivity index (χ2n) is 10.00. The fourth-order valence-electron chi connectivity index (χ4n) is 4.82. The second-order valence-corrected chi connectivity index (χ2v) is 11.7. The van der Waals surface area contributed by atoms with Gasteiger partial charge in [0, 0.05) is 25.0 Å². The predicted octanol–water partition coefficient (Wildman–Crippen LogP) is 5.01. The van der Waals surface area contributed by atoms with E-state index in [2.05, 4.69) is 37.0 Å². The Labute approximate surface area is 208 Å². The Kier molecular flexibility index (Phi) is 7.29. The molecule has 0 aliphatic carbocycles. The average Bonchev–Trinajstić information content (AvgIpc) is 3.14. The van der Waals surface area contributed by atoms with Crippen molar-refractivity contribution in [2.24, 2.45) is 5.41 Å². The van der Waals surface area contributed by atoms with Crippen molar-refractivity contribution in [2.75, 3.05) is 24.1 Å². The van der Waals surface area contributed by atoms with E-state index in [0.29, 0.717) is 11.4 Å². The quantitative estimate of drug-likeness (QED) is 0.450. The van der Waals surface area contributed by atoms with E-state index in [1.807, 2.05) is 49.5 Å². The number of likely N-dealkylation sites (tertiary alicyclic amines) is 1. The number of aromatic nitrogens is 2. The fraction of sp³-hybridized carbons (Fsp3) is 0.407. The summed E-state index contributed by atoms with van der Waals surface area (Å²) in [4.78, 5) is 10.5. The molecule has 0 bridgehead atoms. The van der Waals surface area contributed by atoms with Crippen LogP contribution in [0.3, 0.4) is 0 Å². The molecule has 1 aliphatic rings. The van der Waals surface area contributed by atoms with E-state index in [-0.39, 0.29) is 5.41 Å². The number of benzene rings is 2. The van der Waals surface area contributed by atoms with Gasteiger partial charge in [-0.1, -0.05) is 43.3 Å². The summed E-state index contributed by atoms with van der Waals surface area (Å²) in [5.74, 6) is 0.999. The number of sulfonamides is 1. The van der Waals surface area contributed by atoms with Crippen LogP contribution < -0.4 is 4.72 Å². The number of nitrogens with one attached hydrogen (secondary N) is 1. The van der Waals surface area contributed by atoms with Gasteiger partial charge in [-0.15, -0.1) is 0 Å². The van der Waals surface area contributed by atoms with Crippen LogP contribution >= 0.6 is 0 Å². The smallest absolute Gasteiger partial charge is 0.229 e. The van der Waals surface area contributed by atoms with Gasteiger partial charge < -0.3 is 4.57 Å². The van der Waals surface area contributed by atoms with E-state index in [0.717, 1.165) is 56.8 Å². The van der Waals surface area contributed by atoms with Crippen LogP contribution in [0, 0.1) is 18.9 Å². The molecule has 0 unspecified atom stereocenters. The van der Waals surface area contributed by atoms with Gasteiger partial charge in [-0.25, -0.2) is 18.2 Å². The fourth-order valence-corrected chi connectivity index (χ4v) is 5.38. The molecule has 3 aromatic rings. The maximum Gasteiger partial charge on any atom is 0.229 e. The number of piperidine rings is 1. The van der Waals surface area contributed by atoms with Gasteiger partial charge in [0.2, 0.25) is 10.0 Å². The summed E-state index contributed by atoms with van der Waals surface area (Å²) in [6.45, 7) is 15.2. The minimum atomic E-state index is -3.28. The molecular weight excluding hydrogens is 458 g/mol. The van der Waals surface area contributed by atoms with Gasteiger partial charge >= 0.3 is 0 Å². The van der Waals surface area contributed by atoms with Gasteiger partial charge in [0.05, 0.1) is 18.5 Å². The molecular formula is C27H33N5O2S. The summed E-state index contributed by atoms with van der Waals surface area (Å²) in [5.41, 5.74) is 5.00. The molecule has 0 spiro atoms. The molecule has 1 N–H and O–H groups in total. The van der Waals surface area contributed by atoms with Crippen LogP contribution in [0.15, 0.2) is 54.7 Å². The molecule has 0 atom stereocenters. The lowest BCUT2D eigenvalue weighted by Crippen LogP contribution is -2.39. The Morgan fingerprint density at radius 1 is 1.09 bits per heavy atom. The highest BCUT2D eigenvalue weighted by Gasteiger charge is 2.30. The van der Waals surface area contributed by atoms with Gasteiger partial charge in [-0.3, -0.25) is 9.62 Å². The molecule has 1 aromatic heterocycles. The first-order valence-electron chi connectivity index (χ1n) is 11.9. The number of nitrogens with zero attached hydrogens (tertiary/aromatic N) is 4. The van der Waals surface area contributed by atoms with Gasteiger partial charge in [0.15, 0.2) is 5.69 Å². The van der Waals surface area contributed by atoms with Crippen molar-refractivity contribution in [3.8, 4) is 0 Å². The Hall–Kier alpha value is -3.15. The van der Waals surface area contributed by atoms with Crippen LogP contribution in [0.2, 0.25) is 0 Å². The molecule has 35 heavy (non-hydrogen) atoms. The molecule has 7 nitrogen and oxygen atoms in total. The van der Waals surface area contributed by atoms with Gasteiger partial charge in [-0.2, -0.15) is 0 Å². The van der Waals surface area contributed by atoms with Crippen molar-refractivity contribution in [2.45, 2.75) is 46.2 Å². The van der Waals surface area contributed by atoms with E-state index in [1.165, 1.54) is 17.5 Å². The van der Waals surface area contributed by atoms with Crippen LogP contribution in [0.25, 0.3) is 4.85 Å². The molecule has 0 radical (unpaired) electrons. The van der Waals surface area contributed by atoms with Crippen molar-refractivity contribution in [3.05, 3.63) is 88.8 Å². The molecule has 8 heteroatoms. The van der Waals surface area contributed by atoms with E-state index in [9.17, 15) is 8.42 Å². The maximum absolute atomic E-state index is 11.6. The van der Waals surface area contributed by atoms with Crippen LogP contribution in [-0.2, 0) is 29.5 Å². The lowest BCUT2D eigenvalue weighted by molar-refractivity contribution is 0.111. The van der Waals surface area contributed by atoms with E-state index >= 15 is 0 Å². The summed E-state index contributed by atoms with van der Waals surface area (Å²) in [6.07, 6.45) is 6.26. The highest BCUT2D eigenvalue weighted by Crippen LogP contribution is 2.35.